The van der Waals surface area contributed by atoms with Gasteiger partial charge in [-0.15, -0.1) is 11.6 Å². The second-order valence-corrected chi connectivity index (χ2v) is 4.98. The third-order valence-corrected chi connectivity index (χ3v) is 3.54. The number of alkyl halides is 1. The summed E-state index contributed by atoms with van der Waals surface area (Å²) in [5, 5.41) is 7.76. The Labute approximate surface area is 109 Å². The molecular formula is C14H11ClN2O. The number of benzene rings is 1. The topological polar surface area (TPSA) is 45.8 Å². The lowest BCUT2D eigenvalue weighted by molar-refractivity contribution is 0.0956. The Morgan fingerprint density at radius 3 is 2.94 bits per heavy atom. The minimum absolute atomic E-state index is 0.165. The van der Waals surface area contributed by atoms with Crippen LogP contribution in [0.3, 0.4) is 0 Å². The van der Waals surface area contributed by atoms with Crippen molar-refractivity contribution in [2.24, 2.45) is 0 Å². The van der Waals surface area contributed by atoms with Crippen molar-refractivity contribution >= 4 is 28.3 Å². The molecule has 1 aromatic carbocycles. The van der Waals surface area contributed by atoms with Crippen molar-refractivity contribution in [2.45, 2.75) is 11.3 Å². The smallest absolute Gasteiger partial charge is 0.208 e. The molecular weight excluding hydrogens is 248 g/mol. The molecule has 3 rings (SSSR count). The first kappa shape index (κ1) is 11.2. The first-order valence-corrected chi connectivity index (χ1v) is 6.10. The van der Waals surface area contributed by atoms with E-state index in [1.54, 1.807) is 12.2 Å². The number of nitrogens with zero attached hydrogens (tertiary/aromatic N) is 1. The molecule has 0 radical (unpaired) electrons. The summed E-state index contributed by atoms with van der Waals surface area (Å²) in [6.45, 7) is 0. The number of hydrogen-bond acceptors (Lipinski definition) is 2. The molecule has 2 aromatic rings. The molecule has 18 heavy (non-hydrogen) atoms. The van der Waals surface area contributed by atoms with E-state index in [0.717, 1.165) is 10.9 Å². The standard InChI is InChI=1S/C14H11ClN2O/c15-14(8-4-1-5-9-14)13(18)12-10-6-2-3-7-11(10)16-17-12/h1-8H,9H2,(H,16,17). The van der Waals surface area contributed by atoms with Crippen molar-refractivity contribution in [1.82, 2.24) is 10.2 Å². The summed E-state index contributed by atoms with van der Waals surface area (Å²) < 4.78 is 0. The second kappa shape index (κ2) is 4.10. The van der Waals surface area contributed by atoms with Crippen LogP contribution in [0.15, 0.2) is 48.6 Å². The van der Waals surface area contributed by atoms with Crippen molar-refractivity contribution in [3.8, 4) is 0 Å². The molecule has 1 heterocycles. The quantitative estimate of drug-likeness (QED) is 0.664. The monoisotopic (exact) mass is 258 g/mol. The van der Waals surface area contributed by atoms with Gasteiger partial charge < -0.3 is 0 Å². The van der Waals surface area contributed by atoms with E-state index in [0.29, 0.717) is 12.1 Å². The molecule has 4 heteroatoms. The predicted molar refractivity (Wildman–Crippen MR) is 71.9 cm³/mol. The number of aromatic nitrogens is 2. The molecule has 0 bridgehead atoms. The highest BCUT2D eigenvalue weighted by molar-refractivity contribution is 6.40. The zero-order valence-corrected chi connectivity index (χ0v) is 10.3. The van der Waals surface area contributed by atoms with Gasteiger partial charge in [0.1, 0.15) is 10.6 Å². The summed E-state index contributed by atoms with van der Waals surface area (Å²) in [6, 6.07) is 7.53. The highest BCUT2D eigenvalue weighted by Crippen LogP contribution is 2.31. The van der Waals surface area contributed by atoms with Crippen molar-refractivity contribution in [1.29, 1.82) is 0 Å². The molecule has 1 aliphatic rings. The first-order valence-electron chi connectivity index (χ1n) is 5.72. The second-order valence-electron chi connectivity index (χ2n) is 4.30. The molecule has 1 atom stereocenters. The van der Waals surface area contributed by atoms with E-state index in [1.807, 2.05) is 36.4 Å². The van der Waals surface area contributed by atoms with Gasteiger partial charge in [0.15, 0.2) is 0 Å². The number of ketones is 1. The summed E-state index contributed by atoms with van der Waals surface area (Å²) in [5.41, 5.74) is 1.25. The molecule has 1 N–H and O–H groups in total. The molecule has 90 valence electrons. The van der Waals surface area contributed by atoms with Crippen LogP contribution in [-0.4, -0.2) is 20.9 Å². The Bertz CT molecular complexity index is 671. The van der Waals surface area contributed by atoms with Gasteiger partial charge in [0.05, 0.1) is 5.52 Å². The molecule has 0 amide bonds. The van der Waals surface area contributed by atoms with Crippen molar-refractivity contribution in [3.05, 3.63) is 54.3 Å². The Balaban J connectivity index is 2.07. The Hall–Kier alpha value is -1.87. The SMILES string of the molecule is O=C(c1n[nH]c2ccccc12)C1(Cl)C=CC=CC1. The van der Waals surface area contributed by atoms with Crippen molar-refractivity contribution < 1.29 is 4.79 Å². The molecule has 3 nitrogen and oxygen atoms in total. The average molecular weight is 259 g/mol. The zero-order chi connectivity index (χ0) is 12.6. The Morgan fingerprint density at radius 2 is 2.17 bits per heavy atom. The highest BCUT2D eigenvalue weighted by atomic mass is 35.5. The van der Waals surface area contributed by atoms with Crippen molar-refractivity contribution in [3.63, 3.8) is 0 Å². The van der Waals surface area contributed by atoms with Gasteiger partial charge in [-0.25, -0.2) is 0 Å². The van der Waals surface area contributed by atoms with E-state index in [4.69, 9.17) is 11.6 Å². The molecule has 0 aliphatic heterocycles. The number of carbonyl (C=O) groups is 1. The number of para-hydroxylation sites is 1. The maximum absolute atomic E-state index is 12.5. The summed E-state index contributed by atoms with van der Waals surface area (Å²) in [5.74, 6) is -0.165. The van der Waals surface area contributed by atoms with Crippen LogP contribution in [-0.2, 0) is 0 Å². The van der Waals surface area contributed by atoms with E-state index in [-0.39, 0.29) is 5.78 Å². The number of halogens is 1. The lowest BCUT2D eigenvalue weighted by atomic mass is 9.92. The number of fused-ring (bicyclic) bond motifs is 1. The molecule has 0 fully saturated rings. The molecule has 1 aliphatic carbocycles. The number of aromatic amines is 1. The fourth-order valence-corrected chi connectivity index (χ4v) is 2.35. The van der Waals surface area contributed by atoms with E-state index in [1.165, 1.54) is 0 Å². The molecule has 0 saturated heterocycles. The average Bonchev–Trinajstić information content (AvgIpc) is 2.82. The number of carbonyl (C=O) groups excluding carboxylic acids is 1. The minimum Gasteiger partial charge on any atom is -0.290 e. The number of hydrogen-bond donors (Lipinski definition) is 1. The zero-order valence-electron chi connectivity index (χ0n) is 9.56. The highest BCUT2D eigenvalue weighted by Gasteiger charge is 2.36. The van der Waals surface area contributed by atoms with Crippen LogP contribution < -0.4 is 0 Å². The Morgan fingerprint density at radius 1 is 1.33 bits per heavy atom. The van der Waals surface area contributed by atoms with Crippen LogP contribution in [0, 0.1) is 0 Å². The van der Waals surface area contributed by atoms with Crippen LogP contribution in [0.2, 0.25) is 0 Å². The third kappa shape index (κ3) is 1.68. The number of nitrogens with one attached hydrogen (secondary N) is 1. The van der Waals surface area contributed by atoms with Gasteiger partial charge in [0.2, 0.25) is 5.78 Å². The van der Waals surface area contributed by atoms with E-state index in [9.17, 15) is 4.79 Å². The van der Waals surface area contributed by atoms with Crippen LogP contribution in [0.4, 0.5) is 0 Å². The van der Waals surface area contributed by atoms with Gasteiger partial charge in [-0.3, -0.25) is 9.89 Å². The maximum atomic E-state index is 12.5. The van der Waals surface area contributed by atoms with Gasteiger partial charge in [0, 0.05) is 5.39 Å². The lowest BCUT2D eigenvalue weighted by Gasteiger charge is -2.21. The third-order valence-electron chi connectivity index (χ3n) is 3.09. The van der Waals surface area contributed by atoms with Gasteiger partial charge in [-0.2, -0.15) is 5.10 Å². The van der Waals surface area contributed by atoms with Gasteiger partial charge in [0.25, 0.3) is 0 Å². The van der Waals surface area contributed by atoms with Crippen LogP contribution >= 0.6 is 11.6 Å². The number of H-pyrrole nitrogens is 1. The summed E-state index contributed by atoms with van der Waals surface area (Å²) in [4.78, 5) is 11.5. The van der Waals surface area contributed by atoms with Crippen molar-refractivity contribution in [2.75, 3.05) is 0 Å². The van der Waals surface area contributed by atoms with E-state index in [2.05, 4.69) is 10.2 Å². The first-order chi connectivity index (χ1) is 8.71. The fourth-order valence-electron chi connectivity index (χ4n) is 2.10. The lowest BCUT2D eigenvalue weighted by Crippen LogP contribution is -2.31. The molecule has 1 aromatic heterocycles. The largest absolute Gasteiger partial charge is 0.290 e. The number of allylic oxidation sites excluding steroid dienone is 4. The van der Waals surface area contributed by atoms with Crippen LogP contribution in [0.5, 0.6) is 0 Å². The predicted octanol–water partition coefficient (Wildman–Crippen LogP) is 3.24. The van der Waals surface area contributed by atoms with E-state index < -0.39 is 4.87 Å². The number of Topliss-reactive ketones (excluding diaryl/α,β-unsaturated/α-hetero) is 1. The van der Waals surface area contributed by atoms with E-state index >= 15 is 0 Å². The van der Waals surface area contributed by atoms with Gasteiger partial charge in [-0.05, 0) is 12.5 Å². The van der Waals surface area contributed by atoms with Crippen LogP contribution in [0.1, 0.15) is 16.9 Å². The van der Waals surface area contributed by atoms with Gasteiger partial charge >= 0.3 is 0 Å². The molecule has 0 spiro atoms. The normalized spacial score (nSPS) is 22.5. The summed E-state index contributed by atoms with van der Waals surface area (Å²) in [7, 11) is 0. The molecule has 1 unspecified atom stereocenters. The maximum Gasteiger partial charge on any atom is 0.208 e. The van der Waals surface area contributed by atoms with Gasteiger partial charge in [-0.1, -0.05) is 42.5 Å². The fraction of sp³-hybridized carbons (Fsp3) is 0.143. The number of rotatable bonds is 2. The molecule has 0 saturated carbocycles. The summed E-state index contributed by atoms with van der Waals surface area (Å²) in [6.07, 6.45) is 7.78. The summed E-state index contributed by atoms with van der Waals surface area (Å²) >= 11 is 6.38. The van der Waals surface area contributed by atoms with Crippen LogP contribution in [0.25, 0.3) is 10.9 Å². The Kier molecular flexibility index (Phi) is 2.56. The minimum atomic E-state index is -1.01.